The molecule has 1 aromatic rings. The van der Waals surface area contributed by atoms with Crippen LogP contribution < -0.4 is 5.73 Å². The van der Waals surface area contributed by atoms with E-state index in [1.807, 2.05) is 0 Å². The van der Waals surface area contributed by atoms with Crippen molar-refractivity contribution >= 4 is 5.97 Å². The molecule has 0 bridgehead atoms. The largest absolute Gasteiger partial charge is 0.481 e. The van der Waals surface area contributed by atoms with Crippen molar-refractivity contribution in [3.63, 3.8) is 0 Å². The number of aromatic nitrogens is 1. The summed E-state index contributed by atoms with van der Waals surface area (Å²) in [5.41, 5.74) is 5.52. The minimum Gasteiger partial charge on any atom is -0.481 e. The summed E-state index contributed by atoms with van der Waals surface area (Å²) in [5.74, 6) is -1.12. The van der Waals surface area contributed by atoms with E-state index in [0.29, 0.717) is 11.5 Å². The third kappa shape index (κ3) is 2.11. The lowest BCUT2D eigenvalue weighted by molar-refractivity contribution is -0.138. The number of aliphatic carboxylic acids is 1. The van der Waals surface area contributed by atoms with Crippen LogP contribution >= 0.6 is 0 Å². The van der Waals surface area contributed by atoms with Crippen molar-refractivity contribution in [1.82, 2.24) is 5.16 Å². The molecule has 0 amide bonds. The number of rotatable bonds is 3. The fourth-order valence-electron chi connectivity index (χ4n) is 0.923. The van der Waals surface area contributed by atoms with Gasteiger partial charge >= 0.3 is 5.97 Å². The van der Waals surface area contributed by atoms with E-state index in [1.165, 1.54) is 0 Å². The van der Waals surface area contributed by atoms with E-state index in [2.05, 4.69) is 5.16 Å². The number of carbonyl (C=O) groups is 1. The number of nitrogens with zero attached hydrogens (tertiary/aromatic N) is 1. The maximum Gasteiger partial charge on any atom is 0.312 e. The maximum atomic E-state index is 10.6. The molecule has 0 aliphatic carbocycles. The van der Waals surface area contributed by atoms with E-state index in [-0.39, 0.29) is 0 Å². The summed E-state index contributed by atoms with van der Waals surface area (Å²) in [7, 11) is 0. The normalized spacial score (nSPS) is 14.0. The molecule has 1 aromatic heterocycles. The molecule has 0 aliphatic heterocycles. The van der Waals surface area contributed by atoms with Crippen LogP contribution in [0.1, 0.15) is 38.1 Å². The molecule has 0 fully saturated rings. The van der Waals surface area contributed by atoms with Gasteiger partial charge in [0, 0.05) is 6.07 Å². The second kappa shape index (κ2) is 3.42. The smallest absolute Gasteiger partial charge is 0.312 e. The van der Waals surface area contributed by atoms with Gasteiger partial charge in [-0.15, -0.1) is 0 Å². The van der Waals surface area contributed by atoms with Crippen molar-refractivity contribution in [3.05, 3.63) is 17.5 Å². The highest BCUT2D eigenvalue weighted by Gasteiger charge is 2.24. The van der Waals surface area contributed by atoms with Crippen molar-refractivity contribution in [2.45, 2.75) is 32.2 Å². The summed E-state index contributed by atoms with van der Waals surface area (Å²) in [6, 6.07) is 1.58. The molecular formula is C9H14N2O3. The van der Waals surface area contributed by atoms with E-state index in [9.17, 15) is 4.79 Å². The van der Waals surface area contributed by atoms with Crippen LogP contribution in [0.5, 0.6) is 0 Å². The van der Waals surface area contributed by atoms with E-state index in [4.69, 9.17) is 15.4 Å². The second-order valence-corrected chi connectivity index (χ2v) is 3.90. The average molecular weight is 198 g/mol. The van der Waals surface area contributed by atoms with E-state index in [0.717, 1.165) is 0 Å². The number of carboxylic acids is 1. The topological polar surface area (TPSA) is 89.3 Å². The van der Waals surface area contributed by atoms with Crippen LogP contribution in [0.15, 0.2) is 10.6 Å². The number of carboxylic acid groups (broad SMARTS) is 1. The minimum absolute atomic E-state index is 0.394. The van der Waals surface area contributed by atoms with Crippen molar-refractivity contribution < 1.29 is 14.4 Å². The summed E-state index contributed by atoms with van der Waals surface area (Å²) in [5, 5.41) is 12.4. The van der Waals surface area contributed by atoms with Gasteiger partial charge in [0.15, 0.2) is 5.76 Å². The predicted octanol–water partition coefficient (Wildman–Crippen LogP) is 1.06. The molecule has 1 unspecified atom stereocenters. The quantitative estimate of drug-likeness (QED) is 0.757. The second-order valence-electron chi connectivity index (χ2n) is 3.90. The molecule has 3 N–H and O–H groups in total. The SMILES string of the molecule is CC(C(=O)O)c1cc(C(C)(C)N)on1. The number of hydrogen-bond acceptors (Lipinski definition) is 4. The first-order valence-electron chi connectivity index (χ1n) is 4.31. The van der Waals surface area contributed by atoms with E-state index < -0.39 is 17.4 Å². The molecule has 0 saturated carbocycles. The summed E-state index contributed by atoms with van der Waals surface area (Å²) in [4.78, 5) is 10.6. The summed E-state index contributed by atoms with van der Waals surface area (Å²) < 4.78 is 4.96. The van der Waals surface area contributed by atoms with Crippen molar-refractivity contribution in [2.75, 3.05) is 0 Å². The van der Waals surface area contributed by atoms with Crippen LogP contribution in [-0.4, -0.2) is 16.2 Å². The molecule has 78 valence electrons. The minimum atomic E-state index is -0.931. The Hall–Kier alpha value is -1.36. The van der Waals surface area contributed by atoms with Crippen LogP contribution in [0.3, 0.4) is 0 Å². The molecular weight excluding hydrogens is 184 g/mol. The van der Waals surface area contributed by atoms with Gasteiger partial charge in [0.2, 0.25) is 0 Å². The first kappa shape index (κ1) is 10.7. The van der Waals surface area contributed by atoms with Gasteiger partial charge in [0.25, 0.3) is 0 Å². The molecule has 5 heteroatoms. The Bertz CT molecular complexity index is 338. The van der Waals surface area contributed by atoms with E-state index >= 15 is 0 Å². The fourth-order valence-corrected chi connectivity index (χ4v) is 0.923. The molecule has 0 radical (unpaired) electrons. The monoisotopic (exact) mass is 198 g/mol. The van der Waals surface area contributed by atoms with Gasteiger partial charge in [0.05, 0.1) is 17.2 Å². The van der Waals surface area contributed by atoms with Crippen LogP contribution in [0, 0.1) is 0 Å². The Kier molecular flexibility index (Phi) is 2.62. The van der Waals surface area contributed by atoms with Gasteiger partial charge < -0.3 is 15.4 Å². The lowest BCUT2D eigenvalue weighted by Gasteiger charge is -2.12. The first-order chi connectivity index (χ1) is 6.32. The third-order valence-electron chi connectivity index (χ3n) is 1.98. The van der Waals surface area contributed by atoms with Crippen molar-refractivity contribution in [3.8, 4) is 0 Å². The average Bonchev–Trinajstić information content (AvgIpc) is 2.49. The van der Waals surface area contributed by atoms with Gasteiger partial charge in [0.1, 0.15) is 0 Å². The van der Waals surface area contributed by atoms with E-state index in [1.54, 1.807) is 26.8 Å². The number of nitrogens with two attached hydrogens (primary N) is 1. The Morgan fingerprint density at radius 2 is 2.29 bits per heavy atom. The standard InChI is InChI=1S/C9H14N2O3/c1-5(8(12)13)6-4-7(14-11-6)9(2,3)10/h4-5H,10H2,1-3H3,(H,12,13). The molecule has 1 atom stereocenters. The molecule has 0 aromatic carbocycles. The third-order valence-corrected chi connectivity index (χ3v) is 1.98. The zero-order chi connectivity index (χ0) is 10.9. The Morgan fingerprint density at radius 3 is 2.64 bits per heavy atom. The zero-order valence-corrected chi connectivity index (χ0v) is 8.44. The van der Waals surface area contributed by atoms with Gasteiger partial charge in [-0.05, 0) is 20.8 Å². The molecule has 5 nitrogen and oxygen atoms in total. The van der Waals surface area contributed by atoms with Gasteiger partial charge in [-0.25, -0.2) is 0 Å². The maximum absolute atomic E-state index is 10.6. The first-order valence-corrected chi connectivity index (χ1v) is 4.31. The molecule has 0 saturated heterocycles. The predicted molar refractivity (Wildman–Crippen MR) is 49.8 cm³/mol. The highest BCUT2D eigenvalue weighted by Crippen LogP contribution is 2.21. The van der Waals surface area contributed by atoms with Crippen molar-refractivity contribution in [2.24, 2.45) is 5.73 Å². The zero-order valence-electron chi connectivity index (χ0n) is 8.44. The molecule has 0 aliphatic rings. The Morgan fingerprint density at radius 1 is 1.71 bits per heavy atom. The van der Waals surface area contributed by atoms with Crippen LogP contribution in [0.25, 0.3) is 0 Å². The Labute approximate surface area is 81.9 Å². The summed E-state index contributed by atoms with van der Waals surface area (Å²) in [6.45, 7) is 5.08. The lowest BCUT2D eigenvalue weighted by atomic mass is 10.0. The molecule has 1 heterocycles. The van der Waals surface area contributed by atoms with Crippen LogP contribution in [-0.2, 0) is 10.3 Å². The van der Waals surface area contributed by atoms with Gasteiger partial charge in [-0.2, -0.15) is 0 Å². The highest BCUT2D eigenvalue weighted by molar-refractivity contribution is 5.74. The molecule has 14 heavy (non-hydrogen) atoms. The van der Waals surface area contributed by atoms with Crippen LogP contribution in [0.4, 0.5) is 0 Å². The fraction of sp³-hybridized carbons (Fsp3) is 0.556. The Balaban J connectivity index is 2.94. The lowest BCUT2D eigenvalue weighted by Crippen LogP contribution is -2.27. The molecule has 1 rings (SSSR count). The number of hydrogen-bond donors (Lipinski definition) is 2. The van der Waals surface area contributed by atoms with Crippen molar-refractivity contribution in [1.29, 1.82) is 0 Å². The van der Waals surface area contributed by atoms with Crippen LogP contribution in [0.2, 0.25) is 0 Å². The van der Waals surface area contributed by atoms with Gasteiger partial charge in [-0.1, -0.05) is 5.16 Å². The summed E-state index contributed by atoms with van der Waals surface area (Å²) >= 11 is 0. The summed E-state index contributed by atoms with van der Waals surface area (Å²) in [6.07, 6.45) is 0. The molecule has 0 spiro atoms. The van der Waals surface area contributed by atoms with Gasteiger partial charge in [-0.3, -0.25) is 4.79 Å². The highest BCUT2D eigenvalue weighted by atomic mass is 16.5.